The van der Waals surface area contributed by atoms with Gasteiger partial charge in [0.05, 0.1) is 0 Å². The highest BCUT2D eigenvalue weighted by Gasteiger charge is 2.35. The van der Waals surface area contributed by atoms with Gasteiger partial charge in [-0.05, 0) is 37.0 Å². The van der Waals surface area contributed by atoms with E-state index in [4.69, 9.17) is 5.73 Å². The van der Waals surface area contributed by atoms with Crippen molar-refractivity contribution in [2.24, 2.45) is 11.7 Å². The molecule has 98 valence electrons. The number of benzene rings is 1. The van der Waals surface area contributed by atoms with Crippen LogP contribution in [0.3, 0.4) is 0 Å². The molecule has 1 atom stereocenters. The van der Waals surface area contributed by atoms with Crippen molar-refractivity contribution in [3.8, 4) is 0 Å². The Bertz CT molecular complexity index is 460. The van der Waals surface area contributed by atoms with E-state index in [9.17, 15) is 13.6 Å². The van der Waals surface area contributed by atoms with Gasteiger partial charge >= 0.3 is 0 Å². The first-order chi connectivity index (χ1) is 8.54. The predicted molar refractivity (Wildman–Crippen MR) is 64.0 cm³/mol. The van der Waals surface area contributed by atoms with Crippen LogP contribution in [-0.4, -0.2) is 30.4 Å². The Balaban J connectivity index is 2.16. The first-order valence-corrected chi connectivity index (χ1v) is 5.97. The number of likely N-dealkylation sites (N-methyl/N-ethyl adjacent to an activating group) is 1. The number of carbonyl (C=O) groups excluding carboxylic acids is 1. The fourth-order valence-electron chi connectivity index (χ4n) is 2.13. The maximum absolute atomic E-state index is 13.1. The smallest absolute Gasteiger partial charge is 0.254 e. The molecule has 1 aromatic carbocycles. The van der Waals surface area contributed by atoms with Crippen LogP contribution in [0.1, 0.15) is 23.2 Å². The zero-order valence-electron chi connectivity index (χ0n) is 10.2. The van der Waals surface area contributed by atoms with Gasteiger partial charge in [0.15, 0.2) is 11.6 Å². The average Bonchev–Trinajstić information content (AvgIpc) is 3.17. The largest absolute Gasteiger partial charge is 0.337 e. The molecule has 2 N–H and O–H groups in total. The molecule has 1 amide bonds. The van der Waals surface area contributed by atoms with Gasteiger partial charge < -0.3 is 10.6 Å². The molecule has 3 nitrogen and oxygen atoms in total. The topological polar surface area (TPSA) is 46.3 Å². The van der Waals surface area contributed by atoms with Gasteiger partial charge in [-0.3, -0.25) is 4.79 Å². The molecule has 0 heterocycles. The predicted octanol–water partition coefficient (Wildman–Crippen LogP) is 1.77. The average molecular weight is 254 g/mol. The second kappa shape index (κ2) is 5.02. The molecule has 5 heteroatoms. The SMILES string of the molecule is CN(C(=O)c1ccc(F)c(F)c1)C(CN)C1CC1. The third-order valence-corrected chi connectivity index (χ3v) is 3.39. The van der Waals surface area contributed by atoms with E-state index in [1.54, 1.807) is 7.05 Å². The number of carbonyl (C=O) groups is 1. The van der Waals surface area contributed by atoms with Crippen molar-refractivity contribution in [1.82, 2.24) is 4.90 Å². The third-order valence-electron chi connectivity index (χ3n) is 3.39. The van der Waals surface area contributed by atoms with Crippen molar-refractivity contribution in [1.29, 1.82) is 0 Å². The second-order valence-electron chi connectivity index (χ2n) is 4.69. The number of nitrogens with zero attached hydrogens (tertiary/aromatic N) is 1. The molecule has 0 saturated heterocycles. The fourth-order valence-corrected chi connectivity index (χ4v) is 2.13. The third kappa shape index (κ3) is 2.51. The van der Waals surface area contributed by atoms with E-state index in [1.165, 1.54) is 11.0 Å². The standard InChI is InChI=1S/C13H16F2N2O/c1-17(12(7-16)8-2-3-8)13(18)9-4-5-10(14)11(15)6-9/h4-6,8,12H,2-3,7,16H2,1H3. The van der Waals surface area contributed by atoms with Crippen LogP contribution in [0.15, 0.2) is 18.2 Å². The summed E-state index contributed by atoms with van der Waals surface area (Å²) in [6.07, 6.45) is 2.13. The monoisotopic (exact) mass is 254 g/mol. The molecule has 0 radical (unpaired) electrons. The summed E-state index contributed by atoms with van der Waals surface area (Å²) in [6.45, 7) is 0.385. The highest BCUT2D eigenvalue weighted by Crippen LogP contribution is 2.34. The van der Waals surface area contributed by atoms with Crippen molar-refractivity contribution in [2.75, 3.05) is 13.6 Å². The summed E-state index contributed by atoms with van der Waals surface area (Å²) in [5.74, 6) is -1.85. The zero-order chi connectivity index (χ0) is 13.3. The molecule has 1 fully saturated rings. The normalized spacial score (nSPS) is 16.4. The Morgan fingerprint density at radius 3 is 2.61 bits per heavy atom. The van der Waals surface area contributed by atoms with E-state index in [0.29, 0.717) is 12.5 Å². The highest BCUT2D eigenvalue weighted by molar-refractivity contribution is 5.94. The van der Waals surface area contributed by atoms with E-state index in [-0.39, 0.29) is 17.5 Å². The lowest BCUT2D eigenvalue weighted by atomic mass is 10.1. The number of hydrogen-bond donors (Lipinski definition) is 1. The van der Waals surface area contributed by atoms with Gasteiger partial charge in [0.2, 0.25) is 0 Å². The van der Waals surface area contributed by atoms with E-state index in [1.807, 2.05) is 0 Å². The number of hydrogen-bond acceptors (Lipinski definition) is 2. The van der Waals surface area contributed by atoms with Crippen LogP contribution in [0.25, 0.3) is 0 Å². The molecule has 18 heavy (non-hydrogen) atoms. The molecule has 1 saturated carbocycles. The number of rotatable bonds is 4. The fraction of sp³-hybridized carbons (Fsp3) is 0.462. The summed E-state index contributed by atoms with van der Waals surface area (Å²) < 4.78 is 25.9. The molecule has 1 aliphatic carbocycles. The van der Waals surface area contributed by atoms with Crippen LogP contribution in [0.2, 0.25) is 0 Å². The summed E-state index contributed by atoms with van der Waals surface area (Å²) >= 11 is 0. The number of halogens is 2. The van der Waals surface area contributed by atoms with Crippen molar-refractivity contribution in [2.45, 2.75) is 18.9 Å². The van der Waals surface area contributed by atoms with Gasteiger partial charge in [0.1, 0.15) is 0 Å². The quantitative estimate of drug-likeness (QED) is 0.890. The van der Waals surface area contributed by atoms with Gasteiger partial charge in [0, 0.05) is 25.2 Å². The van der Waals surface area contributed by atoms with Gasteiger partial charge in [-0.2, -0.15) is 0 Å². The van der Waals surface area contributed by atoms with Gasteiger partial charge in [-0.25, -0.2) is 8.78 Å². The summed E-state index contributed by atoms with van der Waals surface area (Å²) in [5, 5.41) is 0. The van der Waals surface area contributed by atoms with Crippen LogP contribution in [0.5, 0.6) is 0 Å². The van der Waals surface area contributed by atoms with Crippen LogP contribution >= 0.6 is 0 Å². The first kappa shape index (κ1) is 13.0. The van der Waals surface area contributed by atoms with Crippen molar-refractivity contribution >= 4 is 5.91 Å². The Hall–Kier alpha value is -1.49. The van der Waals surface area contributed by atoms with Crippen molar-refractivity contribution in [3.63, 3.8) is 0 Å². The lowest BCUT2D eigenvalue weighted by Crippen LogP contribution is -2.43. The number of amides is 1. The first-order valence-electron chi connectivity index (χ1n) is 5.97. The second-order valence-corrected chi connectivity index (χ2v) is 4.69. The lowest BCUT2D eigenvalue weighted by molar-refractivity contribution is 0.0718. The molecular weight excluding hydrogens is 238 g/mol. The van der Waals surface area contributed by atoms with E-state index in [2.05, 4.69) is 0 Å². The van der Waals surface area contributed by atoms with Crippen LogP contribution in [-0.2, 0) is 0 Å². The molecule has 0 bridgehead atoms. The maximum atomic E-state index is 13.1. The molecule has 1 aromatic rings. The maximum Gasteiger partial charge on any atom is 0.254 e. The Morgan fingerprint density at radius 2 is 2.11 bits per heavy atom. The van der Waals surface area contributed by atoms with Crippen LogP contribution < -0.4 is 5.73 Å². The van der Waals surface area contributed by atoms with Crippen LogP contribution in [0.4, 0.5) is 8.78 Å². The molecular formula is C13H16F2N2O. The zero-order valence-corrected chi connectivity index (χ0v) is 10.2. The van der Waals surface area contributed by atoms with E-state index < -0.39 is 11.6 Å². The van der Waals surface area contributed by atoms with Crippen LogP contribution in [0, 0.1) is 17.6 Å². The van der Waals surface area contributed by atoms with E-state index >= 15 is 0 Å². The summed E-state index contributed by atoms with van der Waals surface area (Å²) in [5.41, 5.74) is 5.81. The van der Waals surface area contributed by atoms with Gasteiger partial charge in [0.25, 0.3) is 5.91 Å². The molecule has 1 aliphatic rings. The highest BCUT2D eigenvalue weighted by atomic mass is 19.2. The van der Waals surface area contributed by atoms with Crippen molar-refractivity contribution < 1.29 is 13.6 Å². The summed E-state index contributed by atoms with van der Waals surface area (Å²) in [7, 11) is 1.65. The van der Waals surface area contributed by atoms with Gasteiger partial charge in [-0.15, -0.1) is 0 Å². The van der Waals surface area contributed by atoms with Gasteiger partial charge in [-0.1, -0.05) is 0 Å². The minimum absolute atomic E-state index is 0.0226. The summed E-state index contributed by atoms with van der Waals surface area (Å²) in [4.78, 5) is 13.7. The van der Waals surface area contributed by atoms with Crippen molar-refractivity contribution in [3.05, 3.63) is 35.4 Å². The molecule has 2 rings (SSSR count). The molecule has 0 aliphatic heterocycles. The number of nitrogens with two attached hydrogens (primary N) is 1. The molecule has 0 aromatic heterocycles. The summed E-state index contributed by atoms with van der Waals surface area (Å²) in [6, 6.07) is 3.16. The lowest BCUT2D eigenvalue weighted by Gasteiger charge is -2.27. The Kier molecular flexibility index (Phi) is 3.61. The minimum atomic E-state index is -1.01. The van der Waals surface area contributed by atoms with E-state index in [0.717, 1.165) is 25.0 Å². The molecule has 0 spiro atoms. The minimum Gasteiger partial charge on any atom is -0.337 e. The Morgan fingerprint density at radius 1 is 1.44 bits per heavy atom. The molecule has 1 unspecified atom stereocenters. The Labute approximate surface area is 105 Å².